The standard InChI is InChI=1S/C13H18N4O/c1-2-3-6-11(14)13-16-12(17-18-13)8-10-5-4-7-15-9-10/h4-5,7,9,11H,2-3,6,8,14H2,1H3. The molecule has 2 aromatic heterocycles. The lowest BCUT2D eigenvalue weighted by Gasteiger charge is -2.03. The smallest absolute Gasteiger partial charge is 0.243 e. The first-order valence-corrected chi connectivity index (χ1v) is 6.26. The first kappa shape index (κ1) is 12.7. The van der Waals surface area contributed by atoms with Gasteiger partial charge < -0.3 is 10.3 Å². The molecule has 0 bridgehead atoms. The quantitative estimate of drug-likeness (QED) is 0.845. The summed E-state index contributed by atoms with van der Waals surface area (Å²) in [5, 5.41) is 3.95. The van der Waals surface area contributed by atoms with Gasteiger partial charge in [-0.3, -0.25) is 4.98 Å². The van der Waals surface area contributed by atoms with Crippen LogP contribution in [0.2, 0.25) is 0 Å². The second-order valence-corrected chi connectivity index (χ2v) is 4.34. The second kappa shape index (κ2) is 6.26. The van der Waals surface area contributed by atoms with Gasteiger partial charge in [0.2, 0.25) is 5.89 Å². The SMILES string of the molecule is CCCCC(N)c1nc(Cc2cccnc2)no1. The van der Waals surface area contributed by atoms with Crippen LogP contribution in [0.15, 0.2) is 29.0 Å². The van der Waals surface area contributed by atoms with E-state index in [0.717, 1.165) is 24.8 Å². The summed E-state index contributed by atoms with van der Waals surface area (Å²) in [6, 6.07) is 3.73. The Morgan fingerprint density at radius 1 is 1.44 bits per heavy atom. The molecular formula is C13H18N4O. The minimum atomic E-state index is -0.153. The summed E-state index contributed by atoms with van der Waals surface area (Å²) >= 11 is 0. The molecule has 0 aliphatic heterocycles. The van der Waals surface area contributed by atoms with E-state index in [1.807, 2.05) is 12.1 Å². The van der Waals surface area contributed by atoms with Crippen LogP contribution in [0.3, 0.4) is 0 Å². The molecule has 0 spiro atoms. The van der Waals surface area contributed by atoms with Gasteiger partial charge in [0.1, 0.15) is 0 Å². The van der Waals surface area contributed by atoms with Crippen molar-refractivity contribution in [2.75, 3.05) is 0 Å². The zero-order chi connectivity index (χ0) is 12.8. The second-order valence-electron chi connectivity index (χ2n) is 4.34. The number of hydrogen-bond donors (Lipinski definition) is 1. The number of rotatable bonds is 6. The fourth-order valence-corrected chi connectivity index (χ4v) is 1.72. The van der Waals surface area contributed by atoms with E-state index in [-0.39, 0.29) is 6.04 Å². The molecule has 5 nitrogen and oxygen atoms in total. The van der Waals surface area contributed by atoms with E-state index in [0.29, 0.717) is 18.1 Å². The highest BCUT2D eigenvalue weighted by molar-refractivity contribution is 5.13. The normalized spacial score (nSPS) is 12.6. The Kier molecular flexibility index (Phi) is 4.41. The average Bonchev–Trinajstić information content (AvgIpc) is 2.86. The molecule has 2 heterocycles. The third-order valence-corrected chi connectivity index (χ3v) is 2.75. The largest absolute Gasteiger partial charge is 0.338 e. The van der Waals surface area contributed by atoms with E-state index in [1.165, 1.54) is 0 Å². The molecule has 5 heteroatoms. The molecule has 1 atom stereocenters. The topological polar surface area (TPSA) is 77.8 Å². The predicted octanol–water partition coefficient (Wildman–Crippen LogP) is 2.25. The van der Waals surface area contributed by atoms with Crippen LogP contribution in [0.4, 0.5) is 0 Å². The van der Waals surface area contributed by atoms with Crippen molar-refractivity contribution < 1.29 is 4.52 Å². The summed E-state index contributed by atoms with van der Waals surface area (Å²) in [6.45, 7) is 2.13. The van der Waals surface area contributed by atoms with Crippen LogP contribution in [-0.4, -0.2) is 15.1 Å². The summed E-state index contributed by atoms with van der Waals surface area (Å²) < 4.78 is 5.19. The van der Waals surface area contributed by atoms with Crippen LogP contribution in [0.5, 0.6) is 0 Å². The molecule has 0 amide bonds. The molecule has 0 radical (unpaired) electrons. The zero-order valence-corrected chi connectivity index (χ0v) is 10.5. The minimum Gasteiger partial charge on any atom is -0.338 e. The highest BCUT2D eigenvalue weighted by Crippen LogP contribution is 2.15. The monoisotopic (exact) mass is 246 g/mol. The average molecular weight is 246 g/mol. The Labute approximate surface area is 106 Å². The van der Waals surface area contributed by atoms with Crippen LogP contribution in [0.25, 0.3) is 0 Å². The van der Waals surface area contributed by atoms with E-state index in [1.54, 1.807) is 12.4 Å². The molecule has 18 heavy (non-hydrogen) atoms. The summed E-state index contributed by atoms with van der Waals surface area (Å²) in [5.74, 6) is 1.19. The number of aromatic nitrogens is 3. The molecule has 0 aliphatic carbocycles. The van der Waals surface area contributed by atoms with E-state index < -0.39 is 0 Å². The Balaban J connectivity index is 1.98. The Hall–Kier alpha value is -1.75. The van der Waals surface area contributed by atoms with E-state index in [2.05, 4.69) is 22.0 Å². The molecule has 0 aliphatic rings. The van der Waals surface area contributed by atoms with Crippen molar-refractivity contribution in [1.82, 2.24) is 15.1 Å². The lowest BCUT2D eigenvalue weighted by molar-refractivity contribution is 0.343. The third kappa shape index (κ3) is 3.37. The van der Waals surface area contributed by atoms with Crippen molar-refractivity contribution >= 4 is 0 Å². The highest BCUT2D eigenvalue weighted by Gasteiger charge is 2.14. The maximum absolute atomic E-state index is 5.98. The zero-order valence-electron chi connectivity index (χ0n) is 10.5. The molecule has 0 saturated carbocycles. The number of nitrogens with zero attached hydrogens (tertiary/aromatic N) is 3. The van der Waals surface area contributed by atoms with Gasteiger partial charge in [0, 0.05) is 18.8 Å². The highest BCUT2D eigenvalue weighted by atomic mass is 16.5. The van der Waals surface area contributed by atoms with Crippen molar-refractivity contribution in [1.29, 1.82) is 0 Å². The first-order valence-electron chi connectivity index (χ1n) is 6.26. The Morgan fingerprint density at radius 3 is 3.06 bits per heavy atom. The van der Waals surface area contributed by atoms with Gasteiger partial charge in [-0.25, -0.2) is 0 Å². The fraction of sp³-hybridized carbons (Fsp3) is 0.462. The summed E-state index contributed by atoms with van der Waals surface area (Å²) in [5.41, 5.74) is 7.04. The number of hydrogen-bond acceptors (Lipinski definition) is 5. The number of nitrogens with two attached hydrogens (primary N) is 1. The predicted molar refractivity (Wildman–Crippen MR) is 67.8 cm³/mol. The molecular weight excluding hydrogens is 228 g/mol. The molecule has 2 N–H and O–H groups in total. The van der Waals surface area contributed by atoms with Gasteiger partial charge in [-0.15, -0.1) is 0 Å². The fourth-order valence-electron chi connectivity index (χ4n) is 1.72. The van der Waals surface area contributed by atoms with E-state index in [4.69, 9.17) is 10.3 Å². The lowest BCUT2D eigenvalue weighted by Crippen LogP contribution is -2.10. The van der Waals surface area contributed by atoms with Gasteiger partial charge in [0.05, 0.1) is 6.04 Å². The van der Waals surface area contributed by atoms with Crippen LogP contribution in [0, 0.1) is 0 Å². The summed E-state index contributed by atoms with van der Waals surface area (Å²) in [7, 11) is 0. The van der Waals surface area contributed by atoms with Crippen LogP contribution in [0.1, 0.15) is 49.5 Å². The van der Waals surface area contributed by atoms with Gasteiger partial charge >= 0.3 is 0 Å². The Morgan fingerprint density at radius 2 is 2.33 bits per heavy atom. The molecule has 0 aromatic carbocycles. The first-order chi connectivity index (χ1) is 8.79. The summed E-state index contributed by atoms with van der Waals surface area (Å²) in [6.07, 6.45) is 7.23. The third-order valence-electron chi connectivity index (χ3n) is 2.75. The Bertz CT molecular complexity index is 469. The molecule has 2 rings (SSSR count). The van der Waals surface area contributed by atoms with Crippen LogP contribution in [-0.2, 0) is 6.42 Å². The van der Waals surface area contributed by atoms with Gasteiger partial charge in [-0.05, 0) is 18.1 Å². The lowest BCUT2D eigenvalue weighted by atomic mass is 10.1. The van der Waals surface area contributed by atoms with Crippen LogP contribution < -0.4 is 5.73 Å². The molecule has 1 unspecified atom stereocenters. The molecule has 0 fully saturated rings. The maximum Gasteiger partial charge on any atom is 0.243 e. The molecule has 2 aromatic rings. The van der Waals surface area contributed by atoms with Gasteiger partial charge in [-0.2, -0.15) is 4.98 Å². The van der Waals surface area contributed by atoms with Gasteiger partial charge in [-0.1, -0.05) is 31.0 Å². The van der Waals surface area contributed by atoms with Crippen molar-refractivity contribution in [3.8, 4) is 0 Å². The van der Waals surface area contributed by atoms with Gasteiger partial charge in [0.15, 0.2) is 5.82 Å². The van der Waals surface area contributed by atoms with Gasteiger partial charge in [0.25, 0.3) is 0 Å². The van der Waals surface area contributed by atoms with E-state index in [9.17, 15) is 0 Å². The minimum absolute atomic E-state index is 0.153. The van der Waals surface area contributed by atoms with Crippen molar-refractivity contribution in [3.63, 3.8) is 0 Å². The van der Waals surface area contributed by atoms with Crippen LogP contribution >= 0.6 is 0 Å². The summed E-state index contributed by atoms with van der Waals surface area (Å²) in [4.78, 5) is 8.38. The van der Waals surface area contributed by atoms with Crippen molar-refractivity contribution in [3.05, 3.63) is 41.8 Å². The number of unbranched alkanes of at least 4 members (excludes halogenated alkanes) is 1. The number of pyridine rings is 1. The van der Waals surface area contributed by atoms with E-state index >= 15 is 0 Å². The molecule has 0 saturated heterocycles. The van der Waals surface area contributed by atoms with Crippen molar-refractivity contribution in [2.24, 2.45) is 5.73 Å². The molecule has 96 valence electrons. The van der Waals surface area contributed by atoms with Crippen molar-refractivity contribution in [2.45, 2.75) is 38.6 Å². The maximum atomic E-state index is 5.98.